The summed E-state index contributed by atoms with van der Waals surface area (Å²) in [5, 5.41) is 0. The summed E-state index contributed by atoms with van der Waals surface area (Å²) in [7, 11) is 0. The molecule has 0 radical (unpaired) electrons. The standard InChI is InChI=1S/C11H22N2O/c1-8(2)12-7-11(14)13(9(3)4)6-10(12)5/h8-10H,6-7H2,1-5H3. The van der Waals surface area contributed by atoms with Gasteiger partial charge >= 0.3 is 0 Å². The van der Waals surface area contributed by atoms with Crippen LogP contribution < -0.4 is 0 Å². The minimum Gasteiger partial charge on any atom is -0.338 e. The highest BCUT2D eigenvalue weighted by Gasteiger charge is 2.31. The van der Waals surface area contributed by atoms with Gasteiger partial charge in [0, 0.05) is 24.7 Å². The lowest BCUT2D eigenvalue weighted by molar-refractivity contribution is -0.141. The minimum atomic E-state index is 0.270. The van der Waals surface area contributed by atoms with Crippen molar-refractivity contribution in [2.45, 2.75) is 52.7 Å². The van der Waals surface area contributed by atoms with Gasteiger partial charge in [0.2, 0.25) is 5.91 Å². The number of hydrogen-bond acceptors (Lipinski definition) is 2. The van der Waals surface area contributed by atoms with Crippen LogP contribution in [-0.4, -0.2) is 46.9 Å². The van der Waals surface area contributed by atoms with Gasteiger partial charge in [0.25, 0.3) is 0 Å². The van der Waals surface area contributed by atoms with Crippen LogP contribution >= 0.6 is 0 Å². The van der Waals surface area contributed by atoms with E-state index in [1.165, 1.54) is 0 Å². The van der Waals surface area contributed by atoms with Gasteiger partial charge in [-0.2, -0.15) is 0 Å². The molecule has 14 heavy (non-hydrogen) atoms. The predicted octanol–water partition coefficient (Wildman–Crippen LogP) is 1.34. The van der Waals surface area contributed by atoms with Crippen molar-refractivity contribution in [3.8, 4) is 0 Å². The summed E-state index contributed by atoms with van der Waals surface area (Å²) in [6.07, 6.45) is 0. The van der Waals surface area contributed by atoms with Crippen molar-refractivity contribution < 1.29 is 4.79 Å². The highest BCUT2D eigenvalue weighted by Crippen LogP contribution is 2.15. The Hall–Kier alpha value is -0.570. The maximum absolute atomic E-state index is 11.8. The smallest absolute Gasteiger partial charge is 0.237 e. The van der Waals surface area contributed by atoms with Gasteiger partial charge in [-0.1, -0.05) is 0 Å². The molecule has 1 amide bonds. The number of nitrogens with zero attached hydrogens (tertiary/aromatic N) is 2. The van der Waals surface area contributed by atoms with Crippen LogP contribution in [0.5, 0.6) is 0 Å². The van der Waals surface area contributed by atoms with Crippen molar-refractivity contribution in [1.29, 1.82) is 0 Å². The van der Waals surface area contributed by atoms with E-state index in [0.29, 0.717) is 24.7 Å². The van der Waals surface area contributed by atoms with Crippen LogP contribution in [0.2, 0.25) is 0 Å². The van der Waals surface area contributed by atoms with Crippen LogP contribution in [-0.2, 0) is 4.79 Å². The molecule has 0 bridgehead atoms. The van der Waals surface area contributed by atoms with Gasteiger partial charge < -0.3 is 4.90 Å². The number of carbonyl (C=O) groups is 1. The fourth-order valence-corrected chi connectivity index (χ4v) is 2.08. The largest absolute Gasteiger partial charge is 0.338 e. The number of amides is 1. The molecule has 82 valence electrons. The van der Waals surface area contributed by atoms with E-state index in [1.807, 2.05) is 4.90 Å². The average Bonchev–Trinajstić information content (AvgIpc) is 2.07. The lowest BCUT2D eigenvalue weighted by Gasteiger charge is -2.43. The number of carbonyl (C=O) groups excluding carboxylic acids is 1. The van der Waals surface area contributed by atoms with Crippen molar-refractivity contribution in [3.63, 3.8) is 0 Å². The molecule has 1 rings (SSSR count). The van der Waals surface area contributed by atoms with Crippen LogP contribution in [0.3, 0.4) is 0 Å². The molecule has 3 heteroatoms. The SMILES string of the molecule is CC(C)N1CC(C)N(C(C)C)CC1=O. The second kappa shape index (κ2) is 4.30. The Morgan fingerprint density at radius 3 is 2.21 bits per heavy atom. The number of hydrogen-bond donors (Lipinski definition) is 0. The van der Waals surface area contributed by atoms with Crippen LogP contribution in [0.25, 0.3) is 0 Å². The van der Waals surface area contributed by atoms with Gasteiger partial charge in [-0.25, -0.2) is 0 Å². The Balaban J connectivity index is 2.67. The highest BCUT2D eigenvalue weighted by molar-refractivity contribution is 5.79. The lowest BCUT2D eigenvalue weighted by atomic mass is 10.1. The van der Waals surface area contributed by atoms with Gasteiger partial charge in [-0.15, -0.1) is 0 Å². The van der Waals surface area contributed by atoms with E-state index >= 15 is 0 Å². The maximum atomic E-state index is 11.8. The Morgan fingerprint density at radius 2 is 1.79 bits per heavy atom. The molecule has 0 aromatic heterocycles. The van der Waals surface area contributed by atoms with E-state index < -0.39 is 0 Å². The van der Waals surface area contributed by atoms with Gasteiger partial charge in [-0.05, 0) is 34.6 Å². The molecular weight excluding hydrogens is 176 g/mol. The normalized spacial score (nSPS) is 25.2. The third kappa shape index (κ3) is 2.27. The second-order valence-electron chi connectivity index (χ2n) is 4.75. The second-order valence-corrected chi connectivity index (χ2v) is 4.75. The van der Waals surface area contributed by atoms with E-state index in [9.17, 15) is 4.79 Å². The molecule has 3 nitrogen and oxygen atoms in total. The molecule has 0 aliphatic carbocycles. The van der Waals surface area contributed by atoms with Gasteiger partial charge in [0.15, 0.2) is 0 Å². The topological polar surface area (TPSA) is 23.6 Å². The van der Waals surface area contributed by atoms with Crippen LogP contribution in [0.15, 0.2) is 0 Å². The van der Waals surface area contributed by atoms with Gasteiger partial charge in [0.1, 0.15) is 0 Å². The van der Waals surface area contributed by atoms with Crippen molar-refractivity contribution in [2.75, 3.05) is 13.1 Å². The fourth-order valence-electron chi connectivity index (χ4n) is 2.08. The third-order valence-electron chi connectivity index (χ3n) is 2.95. The highest BCUT2D eigenvalue weighted by atomic mass is 16.2. The summed E-state index contributed by atoms with van der Waals surface area (Å²) in [4.78, 5) is 16.0. The van der Waals surface area contributed by atoms with Gasteiger partial charge in [-0.3, -0.25) is 9.69 Å². The summed E-state index contributed by atoms with van der Waals surface area (Å²) in [5.41, 5.74) is 0. The summed E-state index contributed by atoms with van der Waals surface area (Å²) in [6, 6.07) is 1.28. The van der Waals surface area contributed by atoms with E-state index in [1.54, 1.807) is 0 Å². The van der Waals surface area contributed by atoms with E-state index in [-0.39, 0.29) is 5.91 Å². The summed E-state index contributed by atoms with van der Waals surface area (Å²) >= 11 is 0. The molecular formula is C11H22N2O. The molecule has 0 spiro atoms. The lowest BCUT2D eigenvalue weighted by Crippen LogP contribution is -2.58. The minimum absolute atomic E-state index is 0.270. The van der Waals surface area contributed by atoms with Crippen LogP contribution in [0, 0.1) is 0 Å². The summed E-state index contributed by atoms with van der Waals surface area (Å²) in [6.45, 7) is 12.1. The van der Waals surface area contributed by atoms with Crippen molar-refractivity contribution in [1.82, 2.24) is 9.80 Å². The van der Waals surface area contributed by atoms with Crippen LogP contribution in [0.1, 0.15) is 34.6 Å². The average molecular weight is 198 g/mol. The zero-order chi connectivity index (χ0) is 10.9. The molecule has 0 N–H and O–H groups in total. The molecule has 0 aromatic carbocycles. The zero-order valence-corrected chi connectivity index (χ0v) is 9.95. The van der Waals surface area contributed by atoms with E-state index in [2.05, 4.69) is 39.5 Å². The van der Waals surface area contributed by atoms with Crippen molar-refractivity contribution in [3.05, 3.63) is 0 Å². The molecule has 1 saturated heterocycles. The van der Waals surface area contributed by atoms with Crippen LogP contribution in [0.4, 0.5) is 0 Å². The monoisotopic (exact) mass is 198 g/mol. The molecule has 0 saturated carbocycles. The van der Waals surface area contributed by atoms with E-state index in [4.69, 9.17) is 0 Å². The fraction of sp³-hybridized carbons (Fsp3) is 0.909. The number of rotatable bonds is 2. The zero-order valence-electron chi connectivity index (χ0n) is 9.95. The first-order valence-corrected chi connectivity index (χ1v) is 5.48. The summed E-state index contributed by atoms with van der Waals surface area (Å²) < 4.78 is 0. The maximum Gasteiger partial charge on any atom is 0.237 e. The Labute approximate surface area is 87.1 Å². The Morgan fingerprint density at radius 1 is 1.21 bits per heavy atom. The number of piperazine rings is 1. The van der Waals surface area contributed by atoms with Gasteiger partial charge in [0.05, 0.1) is 6.54 Å². The molecule has 1 unspecified atom stereocenters. The molecule has 1 aliphatic rings. The molecule has 1 heterocycles. The van der Waals surface area contributed by atoms with Crippen molar-refractivity contribution in [2.24, 2.45) is 0 Å². The molecule has 1 fully saturated rings. The first-order valence-electron chi connectivity index (χ1n) is 5.48. The first-order chi connectivity index (χ1) is 6.43. The summed E-state index contributed by atoms with van der Waals surface area (Å²) in [5.74, 6) is 0.270. The van der Waals surface area contributed by atoms with E-state index in [0.717, 1.165) is 6.54 Å². The third-order valence-corrected chi connectivity index (χ3v) is 2.95. The molecule has 1 atom stereocenters. The Bertz CT molecular complexity index is 213. The predicted molar refractivity (Wildman–Crippen MR) is 58.2 cm³/mol. The Kier molecular flexibility index (Phi) is 3.53. The first kappa shape index (κ1) is 11.5. The quantitative estimate of drug-likeness (QED) is 0.668. The molecule has 1 aliphatic heterocycles. The molecule has 0 aromatic rings. The van der Waals surface area contributed by atoms with Crippen molar-refractivity contribution >= 4 is 5.91 Å².